The van der Waals surface area contributed by atoms with Crippen LogP contribution in [0.4, 0.5) is 0 Å². The molecule has 0 radical (unpaired) electrons. The lowest BCUT2D eigenvalue weighted by molar-refractivity contribution is 0.0990. The Morgan fingerprint density at radius 1 is 1.43 bits per heavy atom. The Kier molecular flexibility index (Phi) is 5.72. The summed E-state index contributed by atoms with van der Waals surface area (Å²) in [7, 11) is 0. The molecule has 1 saturated heterocycles. The molecule has 3 N–H and O–H groups in total. The Morgan fingerprint density at radius 3 is 2.76 bits per heavy atom. The highest BCUT2D eigenvalue weighted by Crippen LogP contribution is 2.12. The minimum Gasteiger partial charge on any atom is -0.459 e. The Morgan fingerprint density at radius 2 is 2.14 bits per heavy atom. The van der Waals surface area contributed by atoms with Gasteiger partial charge in [-0.3, -0.25) is 15.2 Å². The first-order valence-electron chi connectivity index (χ1n) is 7.18. The summed E-state index contributed by atoms with van der Waals surface area (Å²) in [5.41, 5.74) is 7.79. The quantitative estimate of drug-likeness (QED) is 0.480. The molecule has 21 heavy (non-hydrogen) atoms. The number of nitrogens with two attached hydrogens (primary N) is 1. The highest BCUT2D eigenvalue weighted by molar-refractivity contribution is 7.80. The van der Waals surface area contributed by atoms with E-state index in [4.69, 9.17) is 10.2 Å². The van der Waals surface area contributed by atoms with Gasteiger partial charge in [-0.15, -0.1) is 0 Å². The van der Waals surface area contributed by atoms with Crippen LogP contribution in [0, 0.1) is 0 Å². The number of nitrogens with one attached hydrogen (secondary N) is 1. The van der Waals surface area contributed by atoms with Crippen molar-refractivity contribution >= 4 is 23.5 Å². The van der Waals surface area contributed by atoms with E-state index in [-0.39, 0.29) is 5.11 Å². The van der Waals surface area contributed by atoms with Crippen molar-refractivity contribution in [3.05, 3.63) is 23.7 Å². The normalized spacial score (nSPS) is 17.7. The van der Waals surface area contributed by atoms with Gasteiger partial charge in [0.05, 0.1) is 12.8 Å². The Balaban J connectivity index is 1.80. The number of hydrogen-bond donors (Lipinski definition) is 2. The third kappa shape index (κ3) is 5.11. The molecule has 1 aromatic heterocycles. The van der Waals surface area contributed by atoms with Crippen LogP contribution in [0.5, 0.6) is 0 Å². The zero-order valence-corrected chi connectivity index (χ0v) is 13.4. The van der Waals surface area contributed by atoms with Gasteiger partial charge in [0.1, 0.15) is 11.5 Å². The number of furan rings is 1. The number of rotatable bonds is 5. The minimum absolute atomic E-state index is 0.140. The fourth-order valence-electron chi connectivity index (χ4n) is 2.37. The molecule has 1 aliphatic rings. The van der Waals surface area contributed by atoms with E-state index >= 15 is 0 Å². The van der Waals surface area contributed by atoms with Crippen LogP contribution in [0.3, 0.4) is 0 Å². The first kappa shape index (κ1) is 15.9. The predicted octanol–water partition coefficient (Wildman–Crippen LogP) is 0.973. The summed E-state index contributed by atoms with van der Waals surface area (Å²) in [6.07, 6.45) is 1.57. The monoisotopic (exact) mass is 309 g/mol. The molecular weight excluding hydrogens is 286 g/mol. The average molecular weight is 309 g/mol. The smallest absolute Gasteiger partial charge is 0.184 e. The van der Waals surface area contributed by atoms with Crippen molar-refractivity contribution in [2.75, 3.05) is 26.2 Å². The number of piperazine rings is 1. The maximum absolute atomic E-state index is 5.71. The predicted molar refractivity (Wildman–Crippen MR) is 88.2 cm³/mol. The SMILES string of the molecule is CC(C)N1CCN(Cc2ccc(/C=N/NC(N)=S)o2)CC1. The van der Waals surface area contributed by atoms with Gasteiger partial charge in [-0.1, -0.05) is 0 Å². The number of hydrogen-bond acceptors (Lipinski definition) is 5. The first-order chi connectivity index (χ1) is 10.0. The van der Waals surface area contributed by atoms with Crippen LogP contribution < -0.4 is 11.2 Å². The molecule has 6 nitrogen and oxygen atoms in total. The molecule has 0 atom stereocenters. The Labute approximate surface area is 131 Å². The largest absolute Gasteiger partial charge is 0.459 e. The second-order valence-electron chi connectivity index (χ2n) is 5.44. The summed E-state index contributed by atoms with van der Waals surface area (Å²) in [5, 5.41) is 4.02. The Hall–Kier alpha value is -1.44. The molecule has 116 valence electrons. The van der Waals surface area contributed by atoms with E-state index in [1.807, 2.05) is 12.1 Å². The summed E-state index contributed by atoms with van der Waals surface area (Å²) < 4.78 is 5.71. The van der Waals surface area contributed by atoms with Gasteiger partial charge in [0.15, 0.2) is 5.11 Å². The van der Waals surface area contributed by atoms with E-state index in [9.17, 15) is 0 Å². The lowest BCUT2D eigenvalue weighted by Gasteiger charge is -2.36. The number of hydrazone groups is 1. The van der Waals surface area contributed by atoms with Gasteiger partial charge in [0, 0.05) is 32.2 Å². The van der Waals surface area contributed by atoms with Crippen LogP contribution in [0.25, 0.3) is 0 Å². The van der Waals surface area contributed by atoms with Gasteiger partial charge in [-0.2, -0.15) is 5.10 Å². The minimum atomic E-state index is 0.140. The highest BCUT2D eigenvalue weighted by atomic mass is 32.1. The summed E-state index contributed by atoms with van der Waals surface area (Å²) in [4.78, 5) is 4.91. The molecule has 0 saturated carbocycles. The molecule has 0 aliphatic carbocycles. The van der Waals surface area contributed by atoms with Crippen LogP contribution in [-0.4, -0.2) is 53.3 Å². The molecule has 0 aromatic carbocycles. The van der Waals surface area contributed by atoms with Crippen molar-refractivity contribution in [3.63, 3.8) is 0 Å². The summed E-state index contributed by atoms with van der Waals surface area (Å²) in [6, 6.07) is 4.50. The van der Waals surface area contributed by atoms with Gasteiger partial charge in [-0.25, -0.2) is 0 Å². The van der Waals surface area contributed by atoms with Crippen LogP contribution in [0.1, 0.15) is 25.4 Å². The number of thiocarbonyl (C=S) groups is 1. The van der Waals surface area contributed by atoms with Crippen molar-refractivity contribution in [2.45, 2.75) is 26.4 Å². The molecule has 0 bridgehead atoms. The van der Waals surface area contributed by atoms with Crippen LogP contribution in [0.2, 0.25) is 0 Å². The maximum Gasteiger partial charge on any atom is 0.184 e. The van der Waals surface area contributed by atoms with Crippen molar-refractivity contribution in [2.24, 2.45) is 10.8 Å². The molecular formula is C14H23N5OS. The third-order valence-electron chi connectivity index (χ3n) is 3.57. The molecule has 1 fully saturated rings. The molecule has 1 aliphatic heterocycles. The molecule has 0 unspecified atom stereocenters. The van der Waals surface area contributed by atoms with Crippen molar-refractivity contribution in [3.8, 4) is 0 Å². The summed E-state index contributed by atoms with van der Waals surface area (Å²) in [5.74, 6) is 1.64. The van der Waals surface area contributed by atoms with E-state index in [1.165, 1.54) is 0 Å². The highest BCUT2D eigenvalue weighted by Gasteiger charge is 2.19. The lowest BCUT2D eigenvalue weighted by atomic mass is 10.2. The molecule has 0 spiro atoms. The van der Waals surface area contributed by atoms with Crippen LogP contribution in [-0.2, 0) is 6.54 Å². The van der Waals surface area contributed by atoms with Gasteiger partial charge in [-0.05, 0) is 38.2 Å². The topological polar surface area (TPSA) is 70.0 Å². The fourth-order valence-corrected chi connectivity index (χ4v) is 2.42. The molecule has 2 heterocycles. The summed E-state index contributed by atoms with van der Waals surface area (Å²) >= 11 is 4.66. The second kappa shape index (κ2) is 7.53. The molecule has 2 rings (SSSR count). The van der Waals surface area contributed by atoms with E-state index in [0.717, 1.165) is 38.5 Å². The van der Waals surface area contributed by atoms with E-state index in [2.05, 4.69) is 46.4 Å². The number of nitrogens with zero attached hydrogens (tertiary/aromatic N) is 3. The zero-order chi connectivity index (χ0) is 15.2. The zero-order valence-electron chi connectivity index (χ0n) is 12.6. The van der Waals surface area contributed by atoms with Gasteiger partial charge in [0.2, 0.25) is 0 Å². The van der Waals surface area contributed by atoms with Crippen LogP contribution >= 0.6 is 12.2 Å². The van der Waals surface area contributed by atoms with Gasteiger partial charge >= 0.3 is 0 Å². The van der Waals surface area contributed by atoms with E-state index in [1.54, 1.807) is 6.21 Å². The van der Waals surface area contributed by atoms with Gasteiger partial charge < -0.3 is 10.2 Å². The standard InChI is InChI=1S/C14H23N5OS/c1-11(2)19-7-5-18(6-8-19)10-13-4-3-12(20-13)9-16-17-14(15)21/h3-4,9,11H,5-8,10H2,1-2H3,(H3,15,17,21)/b16-9+. The lowest BCUT2D eigenvalue weighted by Crippen LogP contribution is -2.48. The second-order valence-corrected chi connectivity index (χ2v) is 5.88. The third-order valence-corrected chi connectivity index (χ3v) is 3.66. The van der Waals surface area contributed by atoms with E-state index < -0.39 is 0 Å². The van der Waals surface area contributed by atoms with Gasteiger partial charge in [0.25, 0.3) is 0 Å². The molecule has 1 aromatic rings. The van der Waals surface area contributed by atoms with Crippen LogP contribution in [0.15, 0.2) is 21.7 Å². The first-order valence-corrected chi connectivity index (χ1v) is 7.59. The van der Waals surface area contributed by atoms with E-state index in [0.29, 0.717) is 11.8 Å². The Bertz CT molecular complexity index is 491. The van der Waals surface area contributed by atoms with Crippen molar-refractivity contribution in [1.29, 1.82) is 0 Å². The molecule has 7 heteroatoms. The molecule has 0 amide bonds. The summed E-state index contributed by atoms with van der Waals surface area (Å²) in [6.45, 7) is 9.71. The van der Waals surface area contributed by atoms with Crippen molar-refractivity contribution in [1.82, 2.24) is 15.2 Å². The maximum atomic E-state index is 5.71. The fraction of sp³-hybridized carbons (Fsp3) is 0.571. The van der Waals surface area contributed by atoms with Crippen molar-refractivity contribution < 1.29 is 4.42 Å². The average Bonchev–Trinajstić information content (AvgIpc) is 2.86.